The fraction of sp³-hybridized carbons (Fsp3) is 0.897. The van der Waals surface area contributed by atoms with E-state index in [-0.39, 0.29) is 201 Å². The Kier molecular flexibility index (Phi) is 45.1. The molecule has 0 aromatic heterocycles. The van der Waals surface area contributed by atoms with Crippen LogP contribution in [0.3, 0.4) is 0 Å². The average molecular weight is 1390 g/mol. The van der Waals surface area contributed by atoms with Gasteiger partial charge in [-0.3, -0.25) is 28.8 Å². The van der Waals surface area contributed by atoms with Crippen LogP contribution in [0.1, 0.15) is 53.9 Å². The van der Waals surface area contributed by atoms with E-state index in [4.69, 9.17) is 71.1 Å². The molecular formula is C58H107BN7O30. The largest absolute Gasteiger partial charge is 0.394 e. The molecule has 0 spiro atoms. The van der Waals surface area contributed by atoms with Crippen molar-refractivity contribution in [3.05, 3.63) is 0 Å². The number of nitrogens with one attached hydrogen (secondary N) is 7. The van der Waals surface area contributed by atoms with Crippen molar-refractivity contribution in [2.75, 3.05) is 178 Å². The molecule has 16 N–H and O–H groups in total. The van der Waals surface area contributed by atoms with Crippen LogP contribution < -0.4 is 37.1 Å². The molecule has 0 saturated carbocycles. The number of aliphatic hydroxyl groups is 9. The second-order valence-electron chi connectivity index (χ2n) is 22.9. The van der Waals surface area contributed by atoms with Crippen molar-refractivity contribution in [2.45, 2.75) is 157 Å². The number of carbonyl (C=O) groups excluding carboxylic acids is 6. The van der Waals surface area contributed by atoms with E-state index < -0.39 is 135 Å². The van der Waals surface area contributed by atoms with Crippen molar-refractivity contribution in [1.82, 2.24) is 37.1 Å². The minimum atomic E-state index is -1.44. The van der Waals surface area contributed by atoms with Crippen LogP contribution in [-0.2, 0) is 99.8 Å². The Hall–Kier alpha value is -4.12. The Morgan fingerprint density at radius 2 is 0.646 bits per heavy atom. The van der Waals surface area contributed by atoms with Gasteiger partial charge in [0, 0.05) is 59.7 Å². The van der Waals surface area contributed by atoms with Crippen LogP contribution in [0.2, 0.25) is 5.82 Å². The van der Waals surface area contributed by atoms with E-state index in [0.29, 0.717) is 0 Å². The SMILES string of the molecule is CC(=O)N[C@H]1[C@H](OCCOCCOCCNC(=O)CCOCC(COCCC(=O)NCCOCCOCCOC2O[C@H](CO)[C@H](O)[C@H](O)[C@H]2NC(C)=O)(COCCC(=O)NCCOCCOCCO[C@@H]2O[C@H](CO)[C@H](O)[C@H](O)[C@H]2NC(C)=O)N[B]C(C)C)O[C@H](CO)[C@H](O)[C@@H]1O. The van der Waals surface area contributed by atoms with Crippen LogP contribution in [0.5, 0.6) is 0 Å². The van der Waals surface area contributed by atoms with Gasteiger partial charge < -0.3 is 154 Å². The van der Waals surface area contributed by atoms with Crippen LogP contribution in [0.15, 0.2) is 0 Å². The van der Waals surface area contributed by atoms with Crippen molar-refractivity contribution < 1.29 is 146 Å². The van der Waals surface area contributed by atoms with E-state index in [9.17, 15) is 74.7 Å². The minimum absolute atomic E-state index is 0.00539. The Morgan fingerprint density at radius 3 is 0.896 bits per heavy atom. The molecule has 0 aliphatic carbocycles. The van der Waals surface area contributed by atoms with Crippen LogP contribution in [-0.4, -0.2) is 364 Å². The summed E-state index contributed by atoms with van der Waals surface area (Å²) in [5, 5.41) is 109. The van der Waals surface area contributed by atoms with Crippen molar-refractivity contribution >= 4 is 42.9 Å². The smallest absolute Gasteiger partial charge is 0.222 e. The van der Waals surface area contributed by atoms with Crippen molar-refractivity contribution in [3.8, 4) is 0 Å². The van der Waals surface area contributed by atoms with Gasteiger partial charge in [-0.25, -0.2) is 0 Å². The second-order valence-corrected chi connectivity index (χ2v) is 22.9. The van der Waals surface area contributed by atoms with E-state index in [1.165, 1.54) is 20.8 Å². The number of hydrogen-bond acceptors (Lipinski definition) is 31. The van der Waals surface area contributed by atoms with Gasteiger partial charge in [0.1, 0.15) is 73.1 Å². The molecule has 3 aliphatic heterocycles. The Morgan fingerprint density at radius 1 is 0.385 bits per heavy atom. The van der Waals surface area contributed by atoms with Gasteiger partial charge in [-0.2, -0.15) is 0 Å². The summed E-state index contributed by atoms with van der Waals surface area (Å²) in [6, 6.07) is -3.24. The molecule has 6 amide bonds. The molecule has 38 heteroatoms. The lowest BCUT2D eigenvalue weighted by atomic mass is 9.75. The highest BCUT2D eigenvalue weighted by molar-refractivity contribution is 6.34. The quantitative estimate of drug-likeness (QED) is 0.0199. The highest BCUT2D eigenvalue weighted by atomic mass is 16.7. The summed E-state index contributed by atoms with van der Waals surface area (Å²) in [5.74, 6) is -2.33. The van der Waals surface area contributed by atoms with Crippen LogP contribution in [0, 0.1) is 0 Å². The van der Waals surface area contributed by atoms with Crippen molar-refractivity contribution in [3.63, 3.8) is 0 Å². The molecule has 15 atom stereocenters. The molecule has 96 heavy (non-hydrogen) atoms. The maximum Gasteiger partial charge on any atom is 0.222 e. The third-order valence-corrected chi connectivity index (χ3v) is 14.4. The lowest BCUT2D eigenvalue weighted by Crippen LogP contribution is -2.64. The van der Waals surface area contributed by atoms with E-state index >= 15 is 0 Å². The van der Waals surface area contributed by atoms with Gasteiger partial charge in [0.2, 0.25) is 42.9 Å². The predicted molar refractivity (Wildman–Crippen MR) is 331 cm³/mol. The molecule has 3 heterocycles. The monoisotopic (exact) mass is 1390 g/mol. The topological polar surface area (TPSA) is 507 Å². The van der Waals surface area contributed by atoms with Crippen LogP contribution >= 0.6 is 0 Å². The number of hydrogen-bond donors (Lipinski definition) is 16. The third-order valence-electron chi connectivity index (χ3n) is 14.4. The van der Waals surface area contributed by atoms with Gasteiger partial charge in [-0.15, -0.1) is 0 Å². The van der Waals surface area contributed by atoms with Gasteiger partial charge >= 0.3 is 0 Å². The molecule has 1 radical (unpaired) electrons. The summed E-state index contributed by atoms with van der Waals surface area (Å²) < 4.78 is 84.8. The van der Waals surface area contributed by atoms with Gasteiger partial charge in [0.05, 0.1) is 164 Å². The lowest BCUT2D eigenvalue weighted by Gasteiger charge is -2.42. The number of ether oxygens (including phenoxy) is 15. The average Bonchev–Trinajstić information content (AvgIpc) is 0.861. The Bertz CT molecular complexity index is 1930. The molecule has 0 bridgehead atoms. The summed E-state index contributed by atoms with van der Waals surface area (Å²) in [7, 11) is 1.83. The van der Waals surface area contributed by atoms with E-state index in [1.54, 1.807) is 0 Å². The zero-order valence-corrected chi connectivity index (χ0v) is 55.6. The predicted octanol–water partition coefficient (Wildman–Crippen LogP) is -8.69. The molecule has 1 unspecified atom stereocenters. The number of carbonyl (C=O) groups is 6. The minimum Gasteiger partial charge on any atom is -0.394 e. The first-order valence-corrected chi connectivity index (χ1v) is 32.2. The molecule has 37 nitrogen and oxygen atoms in total. The van der Waals surface area contributed by atoms with Gasteiger partial charge in [-0.1, -0.05) is 19.7 Å². The zero-order chi connectivity index (χ0) is 70.7. The molecule has 3 fully saturated rings. The van der Waals surface area contributed by atoms with Gasteiger partial charge in [0.25, 0.3) is 0 Å². The molecule has 0 aromatic rings. The van der Waals surface area contributed by atoms with Gasteiger partial charge in [-0.05, 0) is 0 Å². The zero-order valence-electron chi connectivity index (χ0n) is 55.6. The summed E-state index contributed by atoms with van der Waals surface area (Å²) >= 11 is 0. The summed E-state index contributed by atoms with van der Waals surface area (Å²) in [4.78, 5) is 73.3. The second kappa shape index (κ2) is 50.2. The fourth-order valence-electron chi connectivity index (χ4n) is 9.42. The highest BCUT2D eigenvalue weighted by Crippen LogP contribution is 2.25. The molecular weight excluding hydrogens is 1290 g/mol. The van der Waals surface area contributed by atoms with Crippen molar-refractivity contribution in [2.24, 2.45) is 0 Å². The maximum absolute atomic E-state index is 12.8. The van der Waals surface area contributed by atoms with Gasteiger partial charge in [0.15, 0.2) is 18.9 Å². The summed E-state index contributed by atoms with van der Waals surface area (Å²) in [5.41, 5.74) is -1.05. The molecule has 557 valence electrons. The molecule has 3 aliphatic rings. The van der Waals surface area contributed by atoms with Crippen molar-refractivity contribution in [1.29, 1.82) is 0 Å². The first-order valence-electron chi connectivity index (χ1n) is 32.2. The third kappa shape index (κ3) is 34.8. The lowest BCUT2D eigenvalue weighted by molar-refractivity contribution is -0.272. The van der Waals surface area contributed by atoms with E-state index in [0.717, 1.165) is 0 Å². The van der Waals surface area contributed by atoms with Crippen LogP contribution in [0.4, 0.5) is 0 Å². The Balaban J connectivity index is 1.39. The van der Waals surface area contributed by atoms with E-state index in [2.05, 4.69) is 37.1 Å². The first kappa shape index (κ1) is 86.1. The number of rotatable bonds is 54. The standard InChI is InChI=1S/C58H107BN7O30/c1-36(2)59-66-58(33-88-12-6-43(73)60-9-15-82-18-21-85-24-27-91-55-46(63-37(3)70)52(79)49(76)40(30-67)94-55,34-89-13-7-44(74)61-10-16-83-19-22-86-25-28-92-56-47(64-38(4)71)53(80)50(77)41(31-68)95-56)35-90-14-8-45(75)62-11-17-84-20-23-87-26-29-93-57-48(65-39(5)72)54(81)51(78)42(32-69)96-57/h36,40-42,46-57,66-69,76-81H,6-35H2,1-5H3,(H,60,73)(H,61,74)(H,62,75)(H,63,70)(H,64,71)(H,65,72)/t40-,41-,42-,46-,47-,48-,49+,50+,51+,52-,53-,54-,55-,56-,57?/m1/s1. The highest BCUT2D eigenvalue weighted by Gasteiger charge is 2.48. The summed E-state index contributed by atoms with van der Waals surface area (Å²) in [6.45, 7) is 8.27. The molecule has 3 saturated heterocycles. The van der Waals surface area contributed by atoms with Crippen LogP contribution in [0.25, 0.3) is 0 Å². The molecule has 3 rings (SSSR count). The fourth-order valence-corrected chi connectivity index (χ4v) is 9.42. The number of amides is 6. The Labute approximate surface area is 559 Å². The normalized spacial score (nSPS) is 26.1. The summed E-state index contributed by atoms with van der Waals surface area (Å²) in [6.07, 6.45) is -15.5. The van der Waals surface area contributed by atoms with E-state index in [1.807, 2.05) is 21.3 Å². The molecule has 0 aromatic carbocycles. The number of aliphatic hydroxyl groups excluding tert-OH is 9. The first-order chi connectivity index (χ1) is 46.1. The maximum atomic E-state index is 12.8.